The zero-order chi connectivity index (χ0) is 17.4. The lowest BCUT2D eigenvalue weighted by molar-refractivity contribution is -0.124. The first-order valence-electron chi connectivity index (χ1n) is 8.45. The van der Waals surface area contributed by atoms with E-state index in [9.17, 15) is 9.59 Å². The summed E-state index contributed by atoms with van der Waals surface area (Å²) in [6.45, 7) is 0.847. The van der Waals surface area contributed by atoms with Gasteiger partial charge in [-0.15, -0.1) is 10.2 Å². The Morgan fingerprint density at radius 1 is 1.32 bits per heavy atom. The quantitative estimate of drug-likeness (QED) is 0.527. The van der Waals surface area contributed by atoms with Gasteiger partial charge in [-0.25, -0.2) is 0 Å². The van der Waals surface area contributed by atoms with Crippen molar-refractivity contribution in [3.63, 3.8) is 0 Å². The Morgan fingerprint density at radius 2 is 2.12 bits per heavy atom. The monoisotopic (exact) mass is 397 g/mol. The van der Waals surface area contributed by atoms with Crippen molar-refractivity contribution in [1.29, 1.82) is 0 Å². The Balaban J connectivity index is 1.25. The standard InChI is InChI=1S/C15H19N5O2S3/c21-11(16-5-6-19-12(22)8-25-15(19)23)7-24-14-18-17-13(9-1-2-9)20(14)10-3-4-10/h9-10H,1-8H2,(H,16,21). The van der Waals surface area contributed by atoms with Gasteiger partial charge in [0, 0.05) is 25.0 Å². The smallest absolute Gasteiger partial charge is 0.238 e. The molecule has 2 aliphatic carbocycles. The summed E-state index contributed by atoms with van der Waals surface area (Å²) in [6, 6.07) is 0.524. The van der Waals surface area contributed by atoms with E-state index in [2.05, 4.69) is 20.1 Å². The van der Waals surface area contributed by atoms with Crippen LogP contribution in [0.1, 0.15) is 43.5 Å². The molecule has 0 radical (unpaired) electrons. The van der Waals surface area contributed by atoms with Crippen LogP contribution in [0.3, 0.4) is 0 Å². The van der Waals surface area contributed by atoms with Crippen molar-refractivity contribution in [2.45, 2.75) is 42.8 Å². The van der Waals surface area contributed by atoms with Crippen LogP contribution in [0.5, 0.6) is 0 Å². The highest BCUT2D eigenvalue weighted by atomic mass is 32.2. The second kappa shape index (κ2) is 7.24. The van der Waals surface area contributed by atoms with Gasteiger partial charge in [-0.3, -0.25) is 14.5 Å². The summed E-state index contributed by atoms with van der Waals surface area (Å²) in [5.74, 6) is 2.34. The van der Waals surface area contributed by atoms with E-state index in [0.29, 0.717) is 40.9 Å². The molecule has 0 bridgehead atoms. The summed E-state index contributed by atoms with van der Waals surface area (Å²) in [7, 11) is 0. The molecule has 1 aliphatic heterocycles. The molecule has 1 N–H and O–H groups in total. The Bertz CT molecular complexity index is 698. The summed E-state index contributed by atoms with van der Waals surface area (Å²) in [5.41, 5.74) is 0. The second-order valence-electron chi connectivity index (χ2n) is 6.45. The van der Waals surface area contributed by atoms with Gasteiger partial charge in [-0.2, -0.15) is 0 Å². The van der Waals surface area contributed by atoms with Crippen LogP contribution in [-0.4, -0.2) is 60.4 Å². The van der Waals surface area contributed by atoms with Crippen molar-refractivity contribution < 1.29 is 9.59 Å². The molecule has 134 valence electrons. The van der Waals surface area contributed by atoms with Gasteiger partial charge in [-0.05, 0) is 25.7 Å². The maximum Gasteiger partial charge on any atom is 0.238 e. The molecule has 7 nitrogen and oxygen atoms in total. The molecule has 10 heteroatoms. The van der Waals surface area contributed by atoms with Crippen LogP contribution in [0.25, 0.3) is 0 Å². The minimum Gasteiger partial charge on any atom is -0.354 e. The van der Waals surface area contributed by atoms with Crippen LogP contribution < -0.4 is 5.32 Å². The zero-order valence-corrected chi connectivity index (χ0v) is 16.1. The first-order chi connectivity index (χ1) is 12.1. The van der Waals surface area contributed by atoms with E-state index in [1.807, 2.05) is 0 Å². The molecule has 1 aromatic heterocycles. The first kappa shape index (κ1) is 17.3. The number of nitrogens with zero attached hydrogens (tertiary/aromatic N) is 4. The molecule has 0 atom stereocenters. The molecule has 2 saturated carbocycles. The maximum atomic E-state index is 12.1. The van der Waals surface area contributed by atoms with E-state index in [1.165, 1.54) is 49.2 Å². The molecule has 25 heavy (non-hydrogen) atoms. The number of aromatic nitrogens is 3. The third kappa shape index (κ3) is 4.01. The molecule has 2 amide bonds. The van der Waals surface area contributed by atoms with Crippen molar-refractivity contribution in [3.8, 4) is 0 Å². The largest absolute Gasteiger partial charge is 0.354 e. The van der Waals surface area contributed by atoms with Crippen LogP contribution in [0.2, 0.25) is 0 Å². The molecule has 3 fully saturated rings. The fourth-order valence-corrected chi connectivity index (χ4v) is 4.73. The number of hydrogen-bond acceptors (Lipinski definition) is 7. The number of rotatable bonds is 8. The van der Waals surface area contributed by atoms with Gasteiger partial charge in [-0.1, -0.05) is 35.7 Å². The molecule has 0 unspecified atom stereocenters. The van der Waals surface area contributed by atoms with Crippen LogP contribution in [0, 0.1) is 0 Å². The van der Waals surface area contributed by atoms with Gasteiger partial charge >= 0.3 is 0 Å². The minimum absolute atomic E-state index is 0.0174. The molecule has 0 spiro atoms. The van der Waals surface area contributed by atoms with Gasteiger partial charge in [0.25, 0.3) is 0 Å². The topological polar surface area (TPSA) is 80.1 Å². The molecule has 3 aliphatic rings. The maximum absolute atomic E-state index is 12.1. The van der Waals surface area contributed by atoms with E-state index in [-0.39, 0.29) is 11.8 Å². The summed E-state index contributed by atoms with van der Waals surface area (Å²) in [6.07, 6.45) is 4.76. The average molecular weight is 398 g/mol. The third-order valence-electron chi connectivity index (χ3n) is 4.38. The molecule has 2 heterocycles. The number of thioether (sulfide) groups is 2. The predicted octanol–water partition coefficient (Wildman–Crippen LogP) is 1.56. The van der Waals surface area contributed by atoms with Gasteiger partial charge in [0.2, 0.25) is 11.8 Å². The van der Waals surface area contributed by atoms with E-state index >= 15 is 0 Å². The van der Waals surface area contributed by atoms with Crippen molar-refractivity contribution in [3.05, 3.63) is 5.82 Å². The fourth-order valence-electron chi connectivity index (χ4n) is 2.77. The lowest BCUT2D eigenvalue weighted by Crippen LogP contribution is -2.37. The highest BCUT2D eigenvalue weighted by Crippen LogP contribution is 2.45. The summed E-state index contributed by atoms with van der Waals surface area (Å²) >= 11 is 7.93. The molecular formula is C15H19N5O2S3. The molecule has 1 saturated heterocycles. The second-order valence-corrected chi connectivity index (χ2v) is 9.01. The minimum atomic E-state index is -0.0615. The Kier molecular flexibility index (Phi) is 5.01. The van der Waals surface area contributed by atoms with Crippen molar-refractivity contribution in [1.82, 2.24) is 25.0 Å². The van der Waals surface area contributed by atoms with Crippen LogP contribution in [-0.2, 0) is 9.59 Å². The average Bonchev–Trinajstić information content (AvgIpc) is 3.52. The Labute approximate surface area is 159 Å². The Hall–Kier alpha value is -1.13. The molecular weight excluding hydrogens is 378 g/mol. The number of carbonyl (C=O) groups excluding carboxylic acids is 2. The van der Waals surface area contributed by atoms with Gasteiger partial charge in [0.05, 0.1) is 11.5 Å². The van der Waals surface area contributed by atoms with Crippen molar-refractivity contribution in [2.75, 3.05) is 24.6 Å². The van der Waals surface area contributed by atoms with Crippen LogP contribution in [0.15, 0.2) is 5.16 Å². The van der Waals surface area contributed by atoms with E-state index < -0.39 is 0 Å². The summed E-state index contributed by atoms with van der Waals surface area (Å²) in [5, 5.41) is 12.3. The number of amides is 2. The SMILES string of the molecule is O=C(CSc1nnc(C2CC2)n1C1CC1)NCCN1C(=O)CSC1=S. The highest BCUT2D eigenvalue weighted by Gasteiger charge is 2.36. The number of thiocarbonyl (C=S) groups is 1. The lowest BCUT2D eigenvalue weighted by Gasteiger charge is -2.15. The van der Waals surface area contributed by atoms with Crippen LogP contribution >= 0.6 is 35.7 Å². The number of hydrogen-bond donors (Lipinski definition) is 1. The Morgan fingerprint density at radius 3 is 2.76 bits per heavy atom. The third-order valence-corrected chi connectivity index (χ3v) is 6.75. The number of nitrogens with one attached hydrogen (secondary N) is 1. The molecule has 4 rings (SSSR count). The van der Waals surface area contributed by atoms with Gasteiger partial charge in [0.1, 0.15) is 10.1 Å². The lowest BCUT2D eigenvalue weighted by atomic mass is 10.4. The first-order valence-corrected chi connectivity index (χ1v) is 10.8. The number of carbonyl (C=O) groups is 2. The fraction of sp³-hybridized carbons (Fsp3) is 0.667. The molecule has 0 aromatic carbocycles. The molecule has 1 aromatic rings. The van der Waals surface area contributed by atoms with Crippen molar-refractivity contribution in [2.24, 2.45) is 0 Å². The van der Waals surface area contributed by atoms with Crippen LogP contribution in [0.4, 0.5) is 0 Å². The predicted molar refractivity (Wildman–Crippen MR) is 101 cm³/mol. The van der Waals surface area contributed by atoms with Crippen molar-refractivity contribution >= 4 is 51.9 Å². The van der Waals surface area contributed by atoms with E-state index in [0.717, 1.165) is 11.0 Å². The van der Waals surface area contributed by atoms with Gasteiger partial charge < -0.3 is 9.88 Å². The summed E-state index contributed by atoms with van der Waals surface area (Å²) < 4.78 is 2.84. The van der Waals surface area contributed by atoms with E-state index in [4.69, 9.17) is 12.2 Å². The summed E-state index contributed by atoms with van der Waals surface area (Å²) in [4.78, 5) is 25.3. The normalized spacial score (nSPS) is 20.4. The van der Waals surface area contributed by atoms with Gasteiger partial charge in [0.15, 0.2) is 5.16 Å². The van der Waals surface area contributed by atoms with E-state index in [1.54, 1.807) is 4.90 Å². The zero-order valence-electron chi connectivity index (χ0n) is 13.6. The highest BCUT2D eigenvalue weighted by molar-refractivity contribution is 8.23.